The predicted octanol–water partition coefficient (Wildman–Crippen LogP) is 2.86. The van der Waals surface area contributed by atoms with Crippen LogP contribution in [0.5, 0.6) is 0 Å². The molecule has 0 aliphatic rings. The number of hydrogen-bond acceptors (Lipinski definition) is 6. The van der Waals surface area contributed by atoms with E-state index in [0.717, 1.165) is 26.4 Å². The Bertz CT molecular complexity index is 1210. The first kappa shape index (κ1) is 21.3. The van der Waals surface area contributed by atoms with Crippen molar-refractivity contribution in [3.63, 3.8) is 0 Å². The minimum absolute atomic E-state index is 0.0753. The number of anilines is 1. The number of halogens is 1. The van der Waals surface area contributed by atoms with Gasteiger partial charge in [-0.1, -0.05) is 0 Å². The summed E-state index contributed by atoms with van der Waals surface area (Å²) in [7, 11) is -2.22. The van der Waals surface area contributed by atoms with Gasteiger partial charge < -0.3 is 4.42 Å². The molecule has 0 fully saturated rings. The zero-order valence-electron chi connectivity index (χ0n) is 17.0. The molecule has 0 aromatic carbocycles. The number of amides is 1. The van der Waals surface area contributed by atoms with E-state index in [2.05, 4.69) is 26.1 Å². The third-order valence-electron chi connectivity index (χ3n) is 4.66. The van der Waals surface area contributed by atoms with Crippen molar-refractivity contribution < 1.29 is 17.6 Å². The van der Waals surface area contributed by atoms with Crippen LogP contribution in [0, 0.1) is 27.7 Å². The molecule has 1 amide bonds. The Hall–Kier alpha value is -2.40. The molecule has 0 saturated carbocycles. The maximum Gasteiger partial charge on any atom is 0.307 e. The van der Waals surface area contributed by atoms with Gasteiger partial charge in [0.15, 0.2) is 5.76 Å². The second-order valence-electron chi connectivity index (χ2n) is 6.88. The molecule has 3 aromatic rings. The highest BCUT2D eigenvalue weighted by Gasteiger charge is 2.33. The first-order valence-electron chi connectivity index (χ1n) is 8.74. The normalized spacial score (nSPS) is 11.8. The fraction of sp³-hybridized carbons (Fsp3) is 0.389. The molecular weight excluding hydrogens is 462 g/mol. The van der Waals surface area contributed by atoms with Crippen LogP contribution >= 0.6 is 15.9 Å². The van der Waals surface area contributed by atoms with Gasteiger partial charge in [0.25, 0.3) is 0 Å². The molecule has 0 N–H and O–H groups in total. The molecule has 0 spiro atoms. The molecule has 0 aliphatic carbocycles. The number of nitrogens with zero attached hydrogens (tertiary/aromatic N) is 5. The van der Waals surface area contributed by atoms with Crippen LogP contribution in [0.1, 0.15) is 39.1 Å². The second-order valence-corrected chi connectivity index (χ2v) is 9.51. The van der Waals surface area contributed by atoms with Crippen molar-refractivity contribution in [2.45, 2.75) is 34.2 Å². The summed E-state index contributed by atoms with van der Waals surface area (Å²) in [6.45, 7) is 7.47. The van der Waals surface area contributed by atoms with Gasteiger partial charge in [-0.15, -0.1) is 0 Å². The van der Waals surface area contributed by atoms with Crippen LogP contribution in [0.4, 0.5) is 5.69 Å². The van der Waals surface area contributed by atoms with E-state index in [1.54, 1.807) is 31.6 Å². The largest absolute Gasteiger partial charge is 0.454 e. The van der Waals surface area contributed by atoms with Crippen LogP contribution in [0.25, 0.3) is 0 Å². The van der Waals surface area contributed by atoms with Crippen molar-refractivity contribution >= 4 is 37.5 Å². The standard InChI is InChI=1S/C18H22BrN5O4S/c1-10-16(19)12(3)23(21-10)9-14-7-8-15(28-14)18(25)24(29(6,26)27)17-11(2)20-22(5)13(17)4/h7-8H,9H2,1-6H3. The molecular formula is C18H22BrN5O4S. The first-order chi connectivity index (χ1) is 13.4. The maximum absolute atomic E-state index is 13.1. The van der Waals surface area contributed by atoms with E-state index in [-0.39, 0.29) is 11.4 Å². The number of carbonyl (C=O) groups is 1. The molecule has 0 atom stereocenters. The minimum Gasteiger partial charge on any atom is -0.454 e. The van der Waals surface area contributed by atoms with Gasteiger partial charge in [-0.05, 0) is 55.8 Å². The van der Waals surface area contributed by atoms with Crippen molar-refractivity contribution in [3.05, 3.63) is 50.9 Å². The molecule has 0 saturated heterocycles. The molecule has 11 heteroatoms. The Labute approximate surface area is 177 Å². The number of sulfonamides is 1. The second kappa shape index (κ2) is 7.45. The highest BCUT2D eigenvalue weighted by atomic mass is 79.9. The zero-order chi connectivity index (χ0) is 21.7. The van der Waals surface area contributed by atoms with Gasteiger partial charge in [0.2, 0.25) is 10.0 Å². The quantitative estimate of drug-likeness (QED) is 0.552. The van der Waals surface area contributed by atoms with Crippen LogP contribution in [-0.4, -0.2) is 40.1 Å². The van der Waals surface area contributed by atoms with Gasteiger partial charge in [-0.2, -0.15) is 14.5 Å². The molecule has 0 unspecified atom stereocenters. The number of hydrogen-bond donors (Lipinski definition) is 0. The van der Waals surface area contributed by atoms with Crippen LogP contribution in [0.2, 0.25) is 0 Å². The molecule has 3 heterocycles. The molecule has 0 aliphatic heterocycles. The van der Waals surface area contributed by atoms with Gasteiger partial charge in [-0.25, -0.2) is 8.42 Å². The summed E-state index contributed by atoms with van der Waals surface area (Å²) < 4.78 is 35.5. The molecule has 3 aromatic heterocycles. The molecule has 156 valence electrons. The van der Waals surface area contributed by atoms with Gasteiger partial charge in [0, 0.05) is 7.05 Å². The Balaban J connectivity index is 1.97. The van der Waals surface area contributed by atoms with E-state index in [4.69, 9.17) is 4.42 Å². The number of aryl methyl sites for hydroxylation is 3. The lowest BCUT2D eigenvalue weighted by atomic mass is 10.3. The van der Waals surface area contributed by atoms with Crippen molar-refractivity contribution in [2.24, 2.45) is 7.05 Å². The smallest absolute Gasteiger partial charge is 0.307 e. The minimum atomic E-state index is -3.91. The van der Waals surface area contributed by atoms with Crippen molar-refractivity contribution in [2.75, 3.05) is 10.6 Å². The Morgan fingerprint density at radius 1 is 1.14 bits per heavy atom. The monoisotopic (exact) mass is 483 g/mol. The summed E-state index contributed by atoms with van der Waals surface area (Å²) in [5, 5.41) is 8.63. The molecule has 0 bridgehead atoms. The maximum atomic E-state index is 13.1. The highest BCUT2D eigenvalue weighted by molar-refractivity contribution is 9.10. The van der Waals surface area contributed by atoms with E-state index in [9.17, 15) is 13.2 Å². The molecule has 0 radical (unpaired) electrons. The third kappa shape index (κ3) is 3.88. The molecule has 29 heavy (non-hydrogen) atoms. The number of carbonyl (C=O) groups excluding carboxylic acids is 1. The molecule has 3 rings (SSSR count). The van der Waals surface area contributed by atoms with Crippen LogP contribution in [-0.2, 0) is 23.6 Å². The van der Waals surface area contributed by atoms with Gasteiger partial charge in [0.05, 0.1) is 40.0 Å². The van der Waals surface area contributed by atoms with E-state index < -0.39 is 15.9 Å². The summed E-state index contributed by atoms with van der Waals surface area (Å²) in [4.78, 5) is 13.1. The van der Waals surface area contributed by atoms with Crippen LogP contribution in [0.15, 0.2) is 21.0 Å². The van der Waals surface area contributed by atoms with Crippen LogP contribution in [0.3, 0.4) is 0 Å². The van der Waals surface area contributed by atoms with Crippen molar-refractivity contribution in [1.29, 1.82) is 0 Å². The van der Waals surface area contributed by atoms with Gasteiger partial charge >= 0.3 is 5.91 Å². The summed E-state index contributed by atoms with van der Waals surface area (Å²) in [6, 6.07) is 3.11. The molecule has 9 nitrogen and oxygen atoms in total. The topological polar surface area (TPSA) is 103 Å². The zero-order valence-corrected chi connectivity index (χ0v) is 19.4. The third-order valence-corrected chi connectivity index (χ3v) is 6.82. The van der Waals surface area contributed by atoms with E-state index in [1.807, 2.05) is 13.8 Å². The lowest BCUT2D eigenvalue weighted by molar-refractivity contribution is 0.0977. The predicted molar refractivity (Wildman–Crippen MR) is 112 cm³/mol. The average molecular weight is 484 g/mol. The Morgan fingerprint density at radius 3 is 2.28 bits per heavy atom. The van der Waals surface area contributed by atoms with E-state index in [0.29, 0.717) is 23.7 Å². The number of rotatable bonds is 5. The lowest BCUT2D eigenvalue weighted by Crippen LogP contribution is -2.36. The Kier molecular flexibility index (Phi) is 5.48. The summed E-state index contributed by atoms with van der Waals surface area (Å²) in [5.41, 5.74) is 2.99. The average Bonchev–Trinajstić information content (AvgIpc) is 3.25. The van der Waals surface area contributed by atoms with Gasteiger partial charge in [-0.3, -0.25) is 14.2 Å². The fourth-order valence-electron chi connectivity index (χ4n) is 3.13. The highest BCUT2D eigenvalue weighted by Crippen LogP contribution is 2.28. The van der Waals surface area contributed by atoms with Crippen molar-refractivity contribution in [1.82, 2.24) is 19.6 Å². The van der Waals surface area contributed by atoms with Crippen LogP contribution < -0.4 is 4.31 Å². The Morgan fingerprint density at radius 2 is 1.79 bits per heavy atom. The van der Waals surface area contributed by atoms with E-state index >= 15 is 0 Å². The summed E-state index contributed by atoms with van der Waals surface area (Å²) in [5.74, 6) is -0.360. The number of furan rings is 1. The lowest BCUT2D eigenvalue weighted by Gasteiger charge is -2.19. The van der Waals surface area contributed by atoms with Crippen molar-refractivity contribution in [3.8, 4) is 0 Å². The van der Waals surface area contributed by atoms with Gasteiger partial charge in [0.1, 0.15) is 11.4 Å². The van der Waals surface area contributed by atoms with E-state index in [1.165, 1.54) is 10.7 Å². The fourth-order valence-corrected chi connectivity index (χ4v) is 4.40. The first-order valence-corrected chi connectivity index (χ1v) is 11.4. The SMILES string of the molecule is Cc1nn(Cc2ccc(C(=O)N(c3c(C)nn(C)c3C)S(C)(=O)=O)o2)c(C)c1Br. The number of aromatic nitrogens is 4. The summed E-state index contributed by atoms with van der Waals surface area (Å²) in [6.07, 6.45) is 0.980. The summed E-state index contributed by atoms with van der Waals surface area (Å²) >= 11 is 3.47.